The van der Waals surface area contributed by atoms with Gasteiger partial charge in [-0.3, -0.25) is 0 Å². The molecule has 3 nitrogen and oxygen atoms in total. The molecule has 0 aliphatic heterocycles. The summed E-state index contributed by atoms with van der Waals surface area (Å²) in [6.07, 6.45) is 0. The molecular formula is C7H5BF4O3. The van der Waals surface area contributed by atoms with Crippen LogP contribution in [0, 0.1) is 11.6 Å². The monoisotopic (exact) mass is 224 g/mol. The van der Waals surface area contributed by atoms with E-state index >= 15 is 0 Å². The molecule has 0 radical (unpaired) electrons. The van der Waals surface area contributed by atoms with E-state index in [-0.39, 0.29) is 0 Å². The van der Waals surface area contributed by atoms with Gasteiger partial charge in [0.25, 0.3) is 0 Å². The fourth-order valence-corrected chi connectivity index (χ4v) is 0.979. The maximum atomic E-state index is 12.9. The Hall–Kier alpha value is -1.28. The summed E-state index contributed by atoms with van der Waals surface area (Å²) >= 11 is 0. The third-order valence-corrected chi connectivity index (χ3v) is 1.54. The zero-order valence-corrected chi connectivity index (χ0v) is 7.12. The van der Waals surface area contributed by atoms with Crippen LogP contribution in [0.15, 0.2) is 12.1 Å². The third kappa shape index (κ3) is 2.83. The van der Waals surface area contributed by atoms with Crippen LogP contribution in [0.3, 0.4) is 0 Å². The number of halogens is 4. The van der Waals surface area contributed by atoms with Crippen LogP contribution in [0.25, 0.3) is 0 Å². The summed E-state index contributed by atoms with van der Waals surface area (Å²) in [5.74, 6) is -3.48. The van der Waals surface area contributed by atoms with Crippen molar-refractivity contribution in [3.63, 3.8) is 0 Å². The van der Waals surface area contributed by atoms with Crippen LogP contribution in [0.4, 0.5) is 17.6 Å². The van der Waals surface area contributed by atoms with E-state index in [9.17, 15) is 17.6 Å². The summed E-state index contributed by atoms with van der Waals surface area (Å²) < 4.78 is 52.9. The molecule has 0 amide bonds. The van der Waals surface area contributed by atoms with Crippen LogP contribution >= 0.6 is 0 Å². The summed E-state index contributed by atoms with van der Waals surface area (Å²) in [6.45, 7) is -3.21. The van der Waals surface area contributed by atoms with Crippen molar-refractivity contribution in [1.82, 2.24) is 0 Å². The summed E-state index contributed by atoms with van der Waals surface area (Å²) in [6, 6.07) is 0.869. The molecule has 0 atom stereocenters. The number of benzene rings is 1. The molecule has 0 aliphatic carbocycles. The maximum Gasteiger partial charge on any atom is 0.494 e. The smallest absolute Gasteiger partial charge is 0.435 e. The number of alkyl halides is 2. The Bertz CT molecular complexity index is 335. The SMILES string of the molecule is OB(O)c1c(F)cc(OC(F)F)cc1F. The molecule has 0 saturated heterocycles. The first-order valence-corrected chi connectivity index (χ1v) is 3.71. The minimum atomic E-state index is -3.21. The van der Waals surface area contributed by atoms with Gasteiger partial charge in [0, 0.05) is 12.1 Å². The topological polar surface area (TPSA) is 49.7 Å². The number of hydrogen-bond donors (Lipinski definition) is 2. The molecule has 1 aromatic carbocycles. The third-order valence-electron chi connectivity index (χ3n) is 1.54. The fraction of sp³-hybridized carbons (Fsp3) is 0.143. The molecule has 0 unspecified atom stereocenters. The van der Waals surface area contributed by atoms with E-state index in [2.05, 4.69) is 4.74 Å². The average molecular weight is 224 g/mol. The van der Waals surface area contributed by atoms with Crippen LogP contribution in [-0.4, -0.2) is 23.8 Å². The van der Waals surface area contributed by atoms with Crippen LogP contribution in [0.5, 0.6) is 5.75 Å². The first-order valence-electron chi connectivity index (χ1n) is 3.71. The Morgan fingerprint density at radius 2 is 1.60 bits per heavy atom. The van der Waals surface area contributed by atoms with Crippen molar-refractivity contribution in [1.29, 1.82) is 0 Å². The first-order chi connectivity index (χ1) is 6.91. The van der Waals surface area contributed by atoms with Crippen molar-refractivity contribution in [3.8, 4) is 5.75 Å². The quantitative estimate of drug-likeness (QED) is 0.571. The Labute approximate surface area is 82.1 Å². The van der Waals surface area contributed by atoms with E-state index in [4.69, 9.17) is 10.0 Å². The standard InChI is InChI=1S/C7H5BF4O3/c9-4-1-3(15-7(11)12)2-5(10)6(4)8(13)14/h1-2,7,13-14H. The van der Waals surface area contributed by atoms with Gasteiger partial charge in [0.05, 0.1) is 5.46 Å². The van der Waals surface area contributed by atoms with Gasteiger partial charge in [-0.25, -0.2) is 8.78 Å². The zero-order valence-electron chi connectivity index (χ0n) is 7.12. The van der Waals surface area contributed by atoms with Crippen LogP contribution < -0.4 is 10.2 Å². The highest BCUT2D eigenvalue weighted by molar-refractivity contribution is 6.58. The first kappa shape index (κ1) is 11.8. The molecule has 82 valence electrons. The van der Waals surface area contributed by atoms with Gasteiger partial charge in [-0.15, -0.1) is 0 Å². The predicted molar refractivity (Wildman–Crippen MR) is 42.8 cm³/mol. The highest BCUT2D eigenvalue weighted by atomic mass is 19.3. The molecule has 1 rings (SSSR count). The summed E-state index contributed by atoms with van der Waals surface area (Å²) in [5.41, 5.74) is -1.02. The van der Waals surface area contributed by atoms with Crippen molar-refractivity contribution in [3.05, 3.63) is 23.8 Å². The Morgan fingerprint density at radius 1 is 1.13 bits per heavy atom. The van der Waals surface area contributed by atoms with E-state index < -0.39 is 36.6 Å². The highest BCUT2D eigenvalue weighted by Crippen LogP contribution is 2.16. The number of rotatable bonds is 3. The molecule has 0 spiro atoms. The van der Waals surface area contributed by atoms with Gasteiger partial charge in [-0.2, -0.15) is 8.78 Å². The molecule has 8 heteroatoms. The second-order valence-electron chi connectivity index (χ2n) is 2.55. The molecule has 15 heavy (non-hydrogen) atoms. The lowest BCUT2D eigenvalue weighted by molar-refractivity contribution is -0.0501. The van der Waals surface area contributed by atoms with Crippen LogP contribution in [0.2, 0.25) is 0 Å². The van der Waals surface area contributed by atoms with E-state index in [0.717, 1.165) is 0 Å². The maximum absolute atomic E-state index is 12.9. The van der Waals surface area contributed by atoms with Crippen molar-refractivity contribution in [2.45, 2.75) is 6.61 Å². The van der Waals surface area contributed by atoms with Gasteiger partial charge in [0.1, 0.15) is 17.4 Å². The fourth-order valence-electron chi connectivity index (χ4n) is 0.979. The molecular weight excluding hydrogens is 219 g/mol. The van der Waals surface area contributed by atoms with E-state index in [1.165, 1.54) is 0 Å². The Morgan fingerprint density at radius 3 is 1.93 bits per heavy atom. The lowest BCUT2D eigenvalue weighted by atomic mass is 9.79. The van der Waals surface area contributed by atoms with E-state index in [0.29, 0.717) is 12.1 Å². The Balaban J connectivity index is 3.08. The molecule has 2 N–H and O–H groups in total. The van der Waals surface area contributed by atoms with E-state index in [1.54, 1.807) is 0 Å². The molecule has 0 saturated carbocycles. The Kier molecular flexibility index (Phi) is 3.54. The average Bonchev–Trinajstić information content (AvgIpc) is 1.99. The summed E-state index contributed by atoms with van der Waals surface area (Å²) in [5, 5.41) is 17.1. The molecule has 0 aliphatic rings. The second kappa shape index (κ2) is 4.50. The van der Waals surface area contributed by atoms with Gasteiger partial charge >= 0.3 is 13.7 Å². The zero-order chi connectivity index (χ0) is 11.6. The number of hydrogen-bond acceptors (Lipinski definition) is 3. The molecule has 0 heterocycles. The van der Waals surface area contributed by atoms with Crippen molar-refractivity contribution >= 4 is 12.6 Å². The van der Waals surface area contributed by atoms with E-state index in [1.807, 2.05) is 0 Å². The van der Waals surface area contributed by atoms with Crippen LogP contribution in [0.1, 0.15) is 0 Å². The largest absolute Gasteiger partial charge is 0.494 e. The van der Waals surface area contributed by atoms with Gasteiger partial charge in [-0.1, -0.05) is 0 Å². The lowest BCUT2D eigenvalue weighted by Crippen LogP contribution is -2.35. The van der Waals surface area contributed by atoms with Crippen molar-refractivity contribution in [2.24, 2.45) is 0 Å². The molecule has 0 aromatic heterocycles. The van der Waals surface area contributed by atoms with Gasteiger partial charge in [0.15, 0.2) is 0 Å². The van der Waals surface area contributed by atoms with Crippen molar-refractivity contribution in [2.75, 3.05) is 0 Å². The second-order valence-corrected chi connectivity index (χ2v) is 2.55. The lowest BCUT2D eigenvalue weighted by Gasteiger charge is -2.08. The number of ether oxygens (including phenoxy) is 1. The van der Waals surface area contributed by atoms with Gasteiger partial charge < -0.3 is 14.8 Å². The highest BCUT2D eigenvalue weighted by Gasteiger charge is 2.23. The normalized spacial score (nSPS) is 10.6. The predicted octanol–water partition coefficient (Wildman–Crippen LogP) is 0.246. The van der Waals surface area contributed by atoms with Crippen LogP contribution in [-0.2, 0) is 0 Å². The molecule has 0 fully saturated rings. The van der Waals surface area contributed by atoms with Gasteiger partial charge in [-0.05, 0) is 0 Å². The summed E-state index contributed by atoms with van der Waals surface area (Å²) in [4.78, 5) is 0. The molecule has 1 aromatic rings. The van der Waals surface area contributed by atoms with Crippen molar-refractivity contribution < 1.29 is 32.3 Å². The summed E-state index contributed by atoms with van der Waals surface area (Å²) in [7, 11) is -2.36. The molecule has 0 bridgehead atoms. The van der Waals surface area contributed by atoms with Gasteiger partial charge in [0.2, 0.25) is 0 Å². The minimum absolute atomic E-state index is 0.435. The minimum Gasteiger partial charge on any atom is -0.435 e.